The van der Waals surface area contributed by atoms with Crippen LogP contribution in [-0.4, -0.2) is 31.3 Å². The third kappa shape index (κ3) is 2.35. The predicted molar refractivity (Wildman–Crippen MR) is 70.9 cm³/mol. The van der Waals surface area contributed by atoms with E-state index in [0.29, 0.717) is 6.04 Å². The van der Waals surface area contributed by atoms with E-state index in [4.69, 9.17) is 9.47 Å². The fourth-order valence-corrected chi connectivity index (χ4v) is 2.34. The first kappa shape index (κ1) is 11.6. The van der Waals surface area contributed by atoms with Gasteiger partial charge in [-0.15, -0.1) is 0 Å². The second-order valence-corrected chi connectivity index (χ2v) is 4.69. The molecule has 1 aromatic heterocycles. The van der Waals surface area contributed by atoms with E-state index in [-0.39, 0.29) is 0 Å². The largest absolute Gasteiger partial charge is 0.497 e. The fraction of sp³-hybridized carbons (Fsp3) is 0.429. The first-order chi connectivity index (χ1) is 8.85. The Hall–Kier alpha value is -1.52. The third-order valence-electron chi connectivity index (χ3n) is 3.39. The van der Waals surface area contributed by atoms with Crippen molar-refractivity contribution in [1.29, 1.82) is 0 Å². The summed E-state index contributed by atoms with van der Waals surface area (Å²) in [5.41, 5.74) is 2.35. The van der Waals surface area contributed by atoms with Crippen LogP contribution in [0.5, 0.6) is 5.75 Å². The molecule has 1 aliphatic heterocycles. The average molecular weight is 246 g/mol. The van der Waals surface area contributed by atoms with Gasteiger partial charge in [0.15, 0.2) is 0 Å². The van der Waals surface area contributed by atoms with Gasteiger partial charge >= 0.3 is 0 Å². The van der Waals surface area contributed by atoms with Crippen molar-refractivity contribution in [3.8, 4) is 5.75 Å². The van der Waals surface area contributed by atoms with E-state index >= 15 is 0 Å². The molecule has 1 saturated heterocycles. The normalized spacial score (nSPS) is 19.5. The maximum absolute atomic E-state index is 5.35. The Kier molecular flexibility index (Phi) is 3.21. The van der Waals surface area contributed by atoms with E-state index in [1.807, 2.05) is 12.1 Å². The average Bonchev–Trinajstić information content (AvgIpc) is 3.04. The van der Waals surface area contributed by atoms with Gasteiger partial charge in [0.05, 0.1) is 13.7 Å². The Labute approximate surface area is 106 Å². The fourth-order valence-electron chi connectivity index (χ4n) is 2.34. The smallest absolute Gasteiger partial charge is 0.119 e. The molecule has 0 saturated carbocycles. The molecule has 3 rings (SSSR count). The number of fused-ring (bicyclic) bond motifs is 1. The number of aromatic nitrogens is 1. The van der Waals surface area contributed by atoms with Crippen LogP contribution in [0, 0.1) is 0 Å². The van der Waals surface area contributed by atoms with Gasteiger partial charge in [-0.3, -0.25) is 0 Å². The molecule has 1 atom stereocenters. The van der Waals surface area contributed by atoms with Crippen LogP contribution in [0.1, 0.15) is 12.1 Å². The van der Waals surface area contributed by atoms with E-state index in [9.17, 15) is 0 Å². The van der Waals surface area contributed by atoms with Gasteiger partial charge in [0.1, 0.15) is 5.75 Å². The van der Waals surface area contributed by atoms with Crippen LogP contribution in [0.2, 0.25) is 0 Å². The molecule has 96 valence electrons. The molecule has 0 bridgehead atoms. The summed E-state index contributed by atoms with van der Waals surface area (Å²) in [5.74, 6) is 0.894. The Morgan fingerprint density at radius 3 is 3.17 bits per heavy atom. The van der Waals surface area contributed by atoms with Crippen LogP contribution in [0.3, 0.4) is 0 Å². The van der Waals surface area contributed by atoms with Crippen LogP contribution in [-0.2, 0) is 11.3 Å². The number of rotatable bonds is 4. The van der Waals surface area contributed by atoms with E-state index in [1.54, 1.807) is 7.11 Å². The zero-order valence-corrected chi connectivity index (χ0v) is 10.5. The van der Waals surface area contributed by atoms with Gasteiger partial charge in [-0.25, -0.2) is 0 Å². The maximum Gasteiger partial charge on any atom is 0.119 e. The monoisotopic (exact) mass is 246 g/mol. The van der Waals surface area contributed by atoms with Gasteiger partial charge in [-0.1, -0.05) is 0 Å². The lowest BCUT2D eigenvalue weighted by atomic mass is 10.2. The van der Waals surface area contributed by atoms with Crippen molar-refractivity contribution >= 4 is 10.9 Å². The SMILES string of the molecule is COc1ccc2[nH]c(CN[C@H]3CCOC3)cc2c1. The third-order valence-corrected chi connectivity index (χ3v) is 3.39. The molecule has 0 unspecified atom stereocenters. The molecule has 0 spiro atoms. The summed E-state index contributed by atoms with van der Waals surface area (Å²) in [7, 11) is 1.69. The topological polar surface area (TPSA) is 46.3 Å². The standard InChI is InChI=1S/C14H18N2O2/c1-17-13-2-3-14-10(7-13)6-12(16-14)8-15-11-4-5-18-9-11/h2-3,6-7,11,15-16H,4-5,8-9H2,1H3/t11-/m0/s1. The zero-order chi connectivity index (χ0) is 12.4. The second kappa shape index (κ2) is 5.00. The first-order valence-electron chi connectivity index (χ1n) is 6.32. The summed E-state index contributed by atoms with van der Waals surface area (Å²) in [6.45, 7) is 2.56. The summed E-state index contributed by atoms with van der Waals surface area (Å²) in [6, 6.07) is 8.73. The Balaban J connectivity index is 1.72. The van der Waals surface area contributed by atoms with Gasteiger partial charge < -0.3 is 19.8 Å². The van der Waals surface area contributed by atoms with E-state index < -0.39 is 0 Å². The lowest BCUT2D eigenvalue weighted by Crippen LogP contribution is -2.28. The Morgan fingerprint density at radius 1 is 1.44 bits per heavy atom. The summed E-state index contributed by atoms with van der Waals surface area (Å²) < 4.78 is 10.6. The minimum atomic E-state index is 0.492. The molecule has 2 N–H and O–H groups in total. The number of hydrogen-bond donors (Lipinski definition) is 2. The number of ether oxygens (including phenoxy) is 2. The van der Waals surface area contributed by atoms with E-state index in [0.717, 1.165) is 37.4 Å². The minimum absolute atomic E-state index is 0.492. The van der Waals surface area contributed by atoms with Crippen molar-refractivity contribution in [1.82, 2.24) is 10.3 Å². The molecule has 0 amide bonds. The van der Waals surface area contributed by atoms with Crippen molar-refractivity contribution in [2.24, 2.45) is 0 Å². The molecule has 0 aliphatic carbocycles. The van der Waals surface area contributed by atoms with Gasteiger partial charge in [0.25, 0.3) is 0 Å². The maximum atomic E-state index is 5.35. The molecule has 1 aliphatic rings. The highest BCUT2D eigenvalue weighted by Gasteiger charge is 2.14. The number of H-pyrrole nitrogens is 1. The second-order valence-electron chi connectivity index (χ2n) is 4.69. The molecule has 4 nitrogen and oxygen atoms in total. The Bertz CT molecular complexity index is 530. The van der Waals surface area contributed by atoms with Gasteiger partial charge in [-0.2, -0.15) is 0 Å². The predicted octanol–water partition coefficient (Wildman–Crippen LogP) is 2.05. The molecule has 18 heavy (non-hydrogen) atoms. The molecule has 1 fully saturated rings. The molecule has 2 aromatic rings. The van der Waals surface area contributed by atoms with Gasteiger partial charge in [-0.05, 0) is 30.7 Å². The van der Waals surface area contributed by atoms with Crippen molar-refractivity contribution in [2.45, 2.75) is 19.0 Å². The quantitative estimate of drug-likeness (QED) is 0.868. The first-order valence-corrected chi connectivity index (χ1v) is 6.32. The van der Waals surface area contributed by atoms with Crippen LogP contribution in [0.15, 0.2) is 24.3 Å². The molecular weight excluding hydrogens is 228 g/mol. The lowest BCUT2D eigenvalue weighted by molar-refractivity contribution is 0.189. The van der Waals surface area contributed by atoms with Crippen LogP contribution in [0.25, 0.3) is 10.9 Å². The Morgan fingerprint density at radius 2 is 2.39 bits per heavy atom. The molecule has 0 radical (unpaired) electrons. The van der Waals surface area contributed by atoms with Crippen LogP contribution >= 0.6 is 0 Å². The highest BCUT2D eigenvalue weighted by atomic mass is 16.5. The highest BCUT2D eigenvalue weighted by molar-refractivity contribution is 5.81. The van der Waals surface area contributed by atoms with Crippen LogP contribution < -0.4 is 10.1 Å². The molecule has 4 heteroatoms. The summed E-state index contributed by atoms with van der Waals surface area (Å²) in [6.07, 6.45) is 1.11. The summed E-state index contributed by atoms with van der Waals surface area (Å²) in [5, 5.41) is 4.69. The minimum Gasteiger partial charge on any atom is -0.497 e. The number of nitrogens with one attached hydrogen (secondary N) is 2. The molecular formula is C14H18N2O2. The van der Waals surface area contributed by atoms with Gasteiger partial charge in [0.2, 0.25) is 0 Å². The number of benzene rings is 1. The van der Waals surface area contributed by atoms with Crippen LogP contribution in [0.4, 0.5) is 0 Å². The number of aromatic amines is 1. The number of hydrogen-bond acceptors (Lipinski definition) is 3. The molecule has 1 aromatic carbocycles. The highest BCUT2D eigenvalue weighted by Crippen LogP contribution is 2.21. The van der Waals surface area contributed by atoms with E-state index in [1.165, 1.54) is 11.1 Å². The van der Waals surface area contributed by atoms with Gasteiger partial charge in [0, 0.05) is 35.8 Å². The summed E-state index contributed by atoms with van der Waals surface area (Å²) in [4.78, 5) is 3.41. The number of methoxy groups -OCH3 is 1. The lowest BCUT2D eigenvalue weighted by Gasteiger charge is -2.08. The van der Waals surface area contributed by atoms with Crippen molar-refractivity contribution in [3.05, 3.63) is 30.0 Å². The van der Waals surface area contributed by atoms with E-state index in [2.05, 4.69) is 22.4 Å². The summed E-state index contributed by atoms with van der Waals surface area (Å²) >= 11 is 0. The van der Waals surface area contributed by atoms with Crippen molar-refractivity contribution in [2.75, 3.05) is 20.3 Å². The van der Waals surface area contributed by atoms with Crippen molar-refractivity contribution < 1.29 is 9.47 Å². The zero-order valence-electron chi connectivity index (χ0n) is 10.5. The molecule has 2 heterocycles. The van der Waals surface area contributed by atoms with Crippen molar-refractivity contribution in [3.63, 3.8) is 0 Å².